The predicted octanol–water partition coefficient (Wildman–Crippen LogP) is 7.63. The van der Waals surface area contributed by atoms with E-state index in [-0.39, 0.29) is 28.3 Å². The van der Waals surface area contributed by atoms with Crippen LogP contribution in [0.1, 0.15) is 67.4 Å². The number of carbonyl (C=O) groups is 1. The van der Waals surface area contributed by atoms with Crippen LogP contribution in [-0.2, 0) is 10.9 Å². The summed E-state index contributed by atoms with van der Waals surface area (Å²) >= 11 is 1.65. The lowest BCUT2D eigenvalue weighted by Gasteiger charge is -2.40. The third-order valence-electron chi connectivity index (χ3n) is 7.31. The summed E-state index contributed by atoms with van der Waals surface area (Å²) in [7, 11) is 0. The maximum Gasteiger partial charge on any atom is 0.471 e. The molecule has 220 valence electrons. The lowest BCUT2D eigenvalue weighted by Crippen LogP contribution is -2.42. The molecule has 1 saturated heterocycles. The molecule has 42 heavy (non-hydrogen) atoms. The third-order valence-corrected chi connectivity index (χ3v) is 8.80. The molecule has 2 aromatic carbocycles. The maximum atomic E-state index is 13.3. The van der Waals surface area contributed by atoms with E-state index < -0.39 is 12.1 Å². The van der Waals surface area contributed by atoms with Gasteiger partial charge in [-0.1, -0.05) is 41.9 Å². The Morgan fingerprint density at radius 3 is 2.48 bits per heavy atom. The molecule has 11 heteroatoms. The van der Waals surface area contributed by atoms with Crippen molar-refractivity contribution in [2.45, 2.75) is 46.2 Å². The number of hydrogen-bond donors (Lipinski definition) is 1. The zero-order chi connectivity index (χ0) is 30.3. The number of nitrogens with one attached hydrogen (secondary N) is 1. The van der Waals surface area contributed by atoms with Crippen LogP contribution in [0, 0.1) is 16.7 Å². The summed E-state index contributed by atoms with van der Waals surface area (Å²) < 4.78 is 48.8. The molecule has 1 amide bonds. The molecular formula is C31H31F3N4O3S. The molecule has 0 radical (unpaired) electrons. The molecule has 0 saturated carbocycles. The largest absolute Gasteiger partial charge is 0.471 e. The number of carbonyl (C=O) groups excluding carboxylic acids is 1. The van der Waals surface area contributed by atoms with Gasteiger partial charge < -0.3 is 14.6 Å². The number of aromatic nitrogens is 2. The second-order valence-electron chi connectivity index (χ2n) is 10.1. The van der Waals surface area contributed by atoms with Gasteiger partial charge in [0.25, 0.3) is 5.91 Å². The van der Waals surface area contributed by atoms with Crippen molar-refractivity contribution in [3.8, 4) is 17.5 Å². The van der Waals surface area contributed by atoms with Gasteiger partial charge in [0, 0.05) is 36.3 Å². The number of benzene rings is 2. The number of halogens is 3. The fourth-order valence-electron chi connectivity index (χ4n) is 4.72. The second kappa shape index (κ2) is 13.4. The van der Waals surface area contributed by atoms with Gasteiger partial charge in [-0.2, -0.15) is 23.4 Å². The normalized spacial score (nSPS) is 16.0. The number of ether oxygens (including phenoxy) is 1. The Hall–Kier alpha value is -3.88. The maximum absolute atomic E-state index is 13.3. The first-order valence-electron chi connectivity index (χ1n) is 13.5. The molecule has 3 aromatic rings. The Bertz CT molecular complexity index is 1520. The Morgan fingerprint density at radius 1 is 1.14 bits per heavy atom. The minimum atomic E-state index is -4.76. The topological polar surface area (TPSA) is 101 Å². The van der Waals surface area contributed by atoms with Gasteiger partial charge in [-0.05, 0) is 78.8 Å². The fraction of sp³-hybridized carbons (Fsp3) is 0.355. The number of nitrogens with zero attached hydrogens (tertiary/aromatic N) is 3. The van der Waals surface area contributed by atoms with Gasteiger partial charge in [-0.25, -0.2) is 0 Å². The molecule has 1 N–H and O–H groups in total. The highest BCUT2D eigenvalue weighted by Crippen LogP contribution is 2.47. The van der Waals surface area contributed by atoms with Gasteiger partial charge in [0.2, 0.25) is 5.82 Å². The summed E-state index contributed by atoms with van der Waals surface area (Å²) in [6, 6.07) is 15.7. The van der Waals surface area contributed by atoms with Gasteiger partial charge in [0.1, 0.15) is 0 Å². The fourth-order valence-corrected chi connectivity index (χ4v) is 6.02. The summed E-state index contributed by atoms with van der Waals surface area (Å²) in [4.78, 5) is 17.9. The molecule has 0 spiro atoms. The highest BCUT2D eigenvalue weighted by molar-refractivity contribution is 8.06. The molecule has 1 aliphatic heterocycles. The number of alkyl halides is 3. The van der Waals surface area contributed by atoms with E-state index in [1.807, 2.05) is 19.1 Å². The molecule has 1 aliphatic rings. The van der Waals surface area contributed by atoms with E-state index in [1.165, 1.54) is 22.6 Å². The molecule has 4 rings (SSSR count). The number of nitriles is 1. The first-order chi connectivity index (χ1) is 20.1. The average molecular weight is 597 g/mol. The Balaban J connectivity index is 1.55. The highest BCUT2D eigenvalue weighted by Gasteiger charge is 2.39. The first kappa shape index (κ1) is 31.1. The minimum absolute atomic E-state index is 0.240. The summed E-state index contributed by atoms with van der Waals surface area (Å²) in [6.45, 7) is 7.72. The van der Waals surface area contributed by atoms with E-state index >= 15 is 0 Å². The highest BCUT2D eigenvalue weighted by atomic mass is 32.2. The zero-order valence-corrected chi connectivity index (χ0v) is 24.4. The lowest BCUT2D eigenvalue weighted by atomic mass is 9.78. The van der Waals surface area contributed by atoms with E-state index in [0.717, 1.165) is 30.4 Å². The average Bonchev–Trinajstić information content (AvgIpc) is 3.52. The number of hydrogen-bond acceptors (Lipinski definition) is 7. The summed E-state index contributed by atoms with van der Waals surface area (Å²) in [5.74, 6) is -2.05. The van der Waals surface area contributed by atoms with Crippen LogP contribution < -0.4 is 5.32 Å². The van der Waals surface area contributed by atoms with Crippen LogP contribution in [0.2, 0.25) is 0 Å². The van der Waals surface area contributed by atoms with Crippen LogP contribution in [-0.4, -0.2) is 35.8 Å². The molecule has 0 bridgehead atoms. The second-order valence-corrected chi connectivity index (χ2v) is 11.0. The van der Waals surface area contributed by atoms with Crippen LogP contribution in [0.15, 0.2) is 68.9 Å². The number of thioether (sulfide) groups is 1. The van der Waals surface area contributed by atoms with Gasteiger partial charge in [-0.15, -0.1) is 11.8 Å². The monoisotopic (exact) mass is 596 g/mol. The predicted molar refractivity (Wildman–Crippen MR) is 155 cm³/mol. The van der Waals surface area contributed by atoms with E-state index in [2.05, 4.69) is 45.3 Å². The Kier molecular flexibility index (Phi) is 9.91. The molecule has 2 heterocycles. The van der Waals surface area contributed by atoms with E-state index in [0.29, 0.717) is 25.3 Å². The van der Waals surface area contributed by atoms with Crippen LogP contribution >= 0.6 is 11.8 Å². The van der Waals surface area contributed by atoms with E-state index in [4.69, 9.17) is 10.00 Å². The van der Waals surface area contributed by atoms with Gasteiger partial charge >= 0.3 is 12.1 Å². The van der Waals surface area contributed by atoms with Gasteiger partial charge in [-0.3, -0.25) is 4.79 Å². The van der Waals surface area contributed by atoms with E-state index in [9.17, 15) is 18.0 Å². The van der Waals surface area contributed by atoms with Crippen molar-refractivity contribution < 1.29 is 27.2 Å². The molecular weight excluding hydrogens is 565 g/mol. The smallest absolute Gasteiger partial charge is 0.381 e. The summed E-state index contributed by atoms with van der Waals surface area (Å²) in [5, 5.41) is 17.7. The lowest BCUT2D eigenvalue weighted by molar-refractivity contribution is -0.159. The summed E-state index contributed by atoms with van der Waals surface area (Å²) in [6.07, 6.45) is -2.47. The van der Waals surface area contributed by atoms with E-state index in [1.54, 1.807) is 36.0 Å². The van der Waals surface area contributed by atoms with Crippen LogP contribution in [0.5, 0.6) is 0 Å². The number of rotatable bonds is 9. The van der Waals surface area contributed by atoms with Crippen LogP contribution in [0.3, 0.4) is 0 Å². The molecule has 7 nitrogen and oxygen atoms in total. The molecule has 1 aromatic heterocycles. The van der Waals surface area contributed by atoms with Crippen LogP contribution in [0.4, 0.5) is 13.2 Å². The molecule has 0 unspecified atom stereocenters. The van der Waals surface area contributed by atoms with Crippen LogP contribution in [0.25, 0.3) is 17.0 Å². The van der Waals surface area contributed by atoms with Crippen molar-refractivity contribution in [3.05, 3.63) is 87.0 Å². The van der Waals surface area contributed by atoms with Crippen molar-refractivity contribution >= 4 is 23.2 Å². The Labute approximate surface area is 246 Å². The summed E-state index contributed by atoms with van der Waals surface area (Å²) in [5.41, 5.74) is 4.07. The first-order valence-corrected chi connectivity index (χ1v) is 14.4. The van der Waals surface area contributed by atoms with Crippen molar-refractivity contribution in [2.75, 3.05) is 19.8 Å². The minimum Gasteiger partial charge on any atom is -0.381 e. The van der Waals surface area contributed by atoms with Crippen molar-refractivity contribution in [1.29, 1.82) is 5.26 Å². The van der Waals surface area contributed by atoms with Gasteiger partial charge in [0.05, 0.1) is 11.6 Å². The van der Waals surface area contributed by atoms with Crippen molar-refractivity contribution in [1.82, 2.24) is 15.5 Å². The van der Waals surface area contributed by atoms with Crippen molar-refractivity contribution in [3.63, 3.8) is 0 Å². The molecule has 0 aliphatic carbocycles. The SMILES string of the molecule is CCC(C)=C(SC=C(C)c1ccc(C#N)cc1)C1(CNC(=O)c2cccc(-c3noc(C(F)(F)F)n3)c2)CCOCC1. The Morgan fingerprint density at radius 2 is 1.86 bits per heavy atom. The van der Waals surface area contributed by atoms with Gasteiger partial charge in [0.15, 0.2) is 0 Å². The molecule has 0 atom stereocenters. The third kappa shape index (κ3) is 7.30. The zero-order valence-electron chi connectivity index (χ0n) is 23.5. The standard InChI is InChI=1S/C31H31F3N4O3S/c1-4-20(2)26(42-18-21(3)23-10-8-22(17-35)9-11-23)30(12-14-40-15-13-30)19-36-28(39)25-7-5-6-24(16-25)27-37-29(41-38-27)31(32,33)34/h5-11,16,18H,4,12-15,19H2,1-3H3,(H,36,39). The molecule has 1 fully saturated rings. The number of allylic oxidation sites excluding steroid dienone is 2. The van der Waals surface area contributed by atoms with Crippen molar-refractivity contribution in [2.24, 2.45) is 5.41 Å². The quantitative estimate of drug-likeness (QED) is 0.271. The number of amides is 1.